The number of methoxy groups -OCH3 is 1. The molecule has 0 aliphatic heterocycles. The van der Waals surface area contributed by atoms with E-state index in [2.05, 4.69) is 20.7 Å². The molecule has 0 spiro atoms. The van der Waals surface area contributed by atoms with Gasteiger partial charge in [0.15, 0.2) is 5.82 Å². The van der Waals surface area contributed by atoms with Crippen LogP contribution in [-0.4, -0.2) is 23.0 Å². The van der Waals surface area contributed by atoms with Gasteiger partial charge in [-0.3, -0.25) is 5.43 Å². The monoisotopic (exact) mass is 304 g/mol. The van der Waals surface area contributed by atoms with Crippen LogP contribution >= 0.6 is 0 Å². The molecule has 1 heterocycles. The zero-order chi connectivity index (χ0) is 15.9. The second-order valence-corrected chi connectivity index (χ2v) is 4.78. The Morgan fingerprint density at radius 3 is 2.13 bits per heavy atom. The van der Waals surface area contributed by atoms with Crippen molar-refractivity contribution in [1.82, 2.24) is 10.2 Å². The van der Waals surface area contributed by atoms with E-state index in [1.54, 1.807) is 19.4 Å². The number of ether oxygens (including phenoxy) is 1. The number of hydrogen-bond acceptors (Lipinski definition) is 5. The standard InChI is InChI=1S/C18H16N4O/c1-23-16-12-17(20-19-13-16)21-22-18(14-8-4-2-5-9-14)15-10-6-3-7-11-15/h2-13H,1H3,(H,20,21). The highest BCUT2D eigenvalue weighted by Crippen LogP contribution is 2.14. The number of rotatable bonds is 5. The average molecular weight is 304 g/mol. The summed E-state index contributed by atoms with van der Waals surface area (Å²) < 4.78 is 5.14. The van der Waals surface area contributed by atoms with E-state index in [-0.39, 0.29) is 0 Å². The summed E-state index contributed by atoms with van der Waals surface area (Å²) in [4.78, 5) is 0. The fraction of sp³-hybridized carbons (Fsp3) is 0.0556. The minimum atomic E-state index is 0.522. The molecule has 0 saturated heterocycles. The minimum Gasteiger partial charge on any atom is -0.495 e. The van der Waals surface area contributed by atoms with Crippen LogP contribution < -0.4 is 10.2 Å². The normalized spacial score (nSPS) is 9.96. The first kappa shape index (κ1) is 14.7. The van der Waals surface area contributed by atoms with Gasteiger partial charge in [0, 0.05) is 17.2 Å². The number of aromatic nitrogens is 2. The van der Waals surface area contributed by atoms with Crippen LogP contribution in [0.4, 0.5) is 5.82 Å². The van der Waals surface area contributed by atoms with Gasteiger partial charge < -0.3 is 4.74 Å². The Hall–Kier alpha value is -3.21. The van der Waals surface area contributed by atoms with E-state index >= 15 is 0 Å². The third kappa shape index (κ3) is 3.71. The van der Waals surface area contributed by atoms with E-state index in [1.165, 1.54) is 0 Å². The molecular formula is C18H16N4O. The molecule has 5 nitrogen and oxygen atoms in total. The highest BCUT2D eigenvalue weighted by Gasteiger charge is 2.07. The van der Waals surface area contributed by atoms with Gasteiger partial charge >= 0.3 is 0 Å². The molecule has 0 bridgehead atoms. The van der Waals surface area contributed by atoms with Gasteiger partial charge in [-0.15, -0.1) is 5.10 Å². The zero-order valence-electron chi connectivity index (χ0n) is 12.7. The number of nitrogens with one attached hydrogen (secondary N) is 1. The summed E-state index contributed by atoms with van der Waals surface area (Å²) in [6, 6.07) is 21.7. The molecule has 0 fully saturated rings. The van der Waals surface area contributed by atoms with Crippen molar-refractivity contribution in [3.05, 3.63) is 84.1 Å². The summed E-state index contributed by atoms with van der Waals surface area (Å²) in [6.07, 6.45) is 1.55. The van der Waals surface area contributed by atoms with Crippen LogP contribution in [-0.2, 0) is 0 Å². The summed E-state index contributed by atoms with van der Waals surface area (Å²) >= 11 is 0. The van der Waals surface area contributed by atoms with Gasteiger partial charge in [0.2, 0.25) is 0 Å². The van der Waals surface area contributed by atoms with Gasteiger partial charge in [0.05, 0.1) is 19.0 Å². The number of hydrazone groups is 1. The molecule has 0 aliphatic carbocycles. The Bertz CT molecular complexity index is 747. The van der Waals surface area contributed by atoms with Crippen molar-refractivity contribution in [3.63, 3.8) is 0 Å². The van der Waals surface area contributed by atoms with Crippen molar-refractivity contribution in [2.24, 2.45) is 5.10 Å². The lowest BCUT2D eigenvalue weighted by Gasteiger charge is -2.08. The molecule has 3 rings (SSSR count). The Labute approximate surface area is 134 Å². The van der Waals surface area contributed by atoms with E-state index in [9.17, 15) is 0 Å². The SMILES string of the molecule is COc1cnnc(NN=C(c2ccccc2)c2ccccc2)c1. The molecule has 5 heteroatoms. The Balaban J connectivity index is 1.95. The van der Waals surface area contributed by atoms with Gasteiger partial charge in [-0.05, 0) is 0 Å². The van der Waals surface area contributed by atoms with Gasteiger partial charge in [-0.1, -0.05) is 60.7 Å². The van der Waals surface area contributed by atoms with Crippen molar-refractivity contribution in [1.29, 1.82) is 0 Å². The Kier molecular flexibility index (Phi) is 4.59. The van der Waals surface area contributed by atoms with Gasteiger partial charge in [0.1, 0.15) is 5.75 Å². The van der Waals surface area contributed by atoms with Gasteiger partial charge in [0.25, 0.3) is 0 Å². The fourth-order valence-corrected chi connectivity index (χ4v) is 2.12. The minimum absolute atomic E-state index is 0.522. The molecule has 0 unspecified atom stereocenters. The number of nitrogens with zero attached hydrogens (tertiary/aromatic N) is 3. The Morgan fingerprint density at radius 1 is 0.957 bits per heavy atom. The topological polar surface area (TPSA) is 59.4 Å². The van der Waals surface area contributed by atoms with Crippen LogP contribution in [0.25, 0.3) is 0 Å². The van der Waals surface area contributed by atoms with Crippen LogP contribution in [0.2, 0.25) is 0 Å². The largest absolute Gasteiger partial charge is 0.495 e. The van der Waals surface area contributed by atoms with Crippen molar-refractivity contribution in [3.8, 4) is 5.75 Å². The highest BCUT2D eigenvalue weighted by molar-refractivity contribution is 6.13. The lowest BCUT2D eigenvalue weighted by molar-refractivity contribution is 0.412. The molecule has 1 aromatic heterocycles. The van der Waals surface area contributed by atoms with Gasteiger partial charge in [-0.25, -0.2) is 0 Å². The third-order valence-electron chi connectivity index (χ3n) is 3.24. The van der Waals surface area contributed by atoms with E-state index < -0.39 is 0 Å². The van der Waals surface area contributed by atoms with E-state index in [0.29, 0.717) is 11.6 Å². The smallest absolute Gasteiger partial charge is 0.172 e. The number of benzene rings is 2. The maximum atomic E-state index is 5.14. The number of hydrogen-bond donors (Lipinski definition) is 1. The number of anilines is 1. The highest BCUT2D eigenvalue weighted by atomic mass is 16.5. The third-order valence-corrected chi connectivity index (χ3v) is 3.24. The quantitative estimate of drug-likeness (QED) is 0.580. The second kappa shape index (κ2) is 7.17. The molecule has 3 aromatic rings. The molecule has 0 amide bonds. The van der Waals surface area contributed by atoms with Crippen LogP contribution in [0, 0.1) is 0 Å². The van der Waals surface area contributed by atoms with E-state index in [0.717, 1.165) is 16.8 Å². The first-order valence-electron chi connectivity index (χ1n) is 7.18. The Morgan fingerprint density at radius 2 is 1.57 bits per heavy atom. The first-order chi connectivity index (χ1) is 11.4. The summed E-state index contributed by atoms with van der Waals surface area (Å²) in [6.45, 7) is 0. The fourth-order valence-electron chi connectivity index (χ4n) is 2.12. The first-order valence-corrected chi connectivity index (χ1v) is 7.18. The van der Waals surface area contributed by atoms with Crippen molar-refractivity contribution in [2.45, 2.75) is 0 Å². The maximum Gasteiger partial charge on any atom is 0.172 e. The van der Waals surface area contributed by atoms with Crippen LogP contribution in [0.1, 0.15) is 11.1 Å². The van der Waals surface area contributed by atoms with E-state index in [4.69, 9.17) is 4.74 Å². The van der Waals surface area contributed by atoms with Crippen LogP contribution in [0.5, 0.6) is 5.75 Å². The summed E-state index contributed by atoms with van der Waals surface area (Å²) in [7, 11) is 1.59. The summed E-state index contributed by atoms with van der Waals surface area (Å²) in [5, 5.41) is 12.4. The maximum absolute atomic E-state index is 5.14. The molecule has 0 radical (unpaired) electrons. The van der Waals surface area contributed by atoms with Crippen LogP contribution in [0.15, 0.2) is 78.0 Å². The molecule has 0 saturated carbocycles. The van der Waals surface area contributed by atoms with E-state index in [1.807, 2.05) is 60.7 Å². The van der Waals surface area contributed by atoms with Crippen molar-refractivity contribution in [2.75, 3.05) is 12.5 Å². The second-order valence-electron chi connectivity index (χ2n) is 4.78. The molecule has 2 aromatic carbocycles. The summed E-state index contributed by atoms with van der Waals surface area (Å²) in [5.41, 5.74) is 5.81. The summed E-state index contributed by atoms with van der Waals surface area (Å²) in [5.74, 6) is 1.15. The van der Waals surface area contributed by atoms with Crippen molar-refractivity contribution >= 4 is 11.5 Å². The average Bonchev–Trinajstić information content (AvgIpc) is 2.64. The molecule has 23 heavy (non-hydrogen) atoms. The zero-order valence-corrected chi connectivity index (χ0v) is 12.7. The predicted octanol–water partition coefficient (Wildman–Crippen LogP) is 3.35. The lowest BCUT2D eigenvalue weighted by Crippen LogP contribution is -2.07. The van der Waals surface area contributed by atoms with Gasteiger partial charge in [-0.2, -0.15) is 10.2 Å². The molecule has 0 aliphatic rings. The predicted molar refractivity (Wildman–Crippen MR) is 90.7 cm³/mol. The van der Waals surface area contributed by atoms with Crippen LogP contribution in [0.3, 0.4) is 0 Å². The molecule has 1 N–H and O–H groups in total. The molecular weight excluding hydrogens is 288 g/mol. The molecule has 114 valence electrons. The van der Waals surface area contributed by atoms with Crippen molar-refractivity contribution < 1.29 is 4.74 Å². The lowest BCUT2D eigenvalue weighted by atomic mass is 10.0. The molecule has 0 atom stereocenters.